The molecule has 2 bridgehead atoms. The summed E-state index contributed by atoms with van der Waals surface area (Å²) < 4.78 is 0. The van der Waals surface area contributed by atoms with Gasteiger partial charge in [-0.05, 0) is 31.8 Å². The molecule has 3 rings (SSSR count). The normalized spacial score (nSPS) is 38.1. The minimum atomic E-state index is 0.781. The van der Waals surface area contributed by atoms with Gasteiger partial charge in [-0.2, -0.15) is 0 Å². The van der Waals surface area contributed by atoms with Gasteiger partial charge in [0, 0.05) is 38.3 Å². The molecule has 16 heavy (non-hydrogen) atoms. The average Bonchev–Trinajstić information content (AvgIpc) is 2.49. The summed E-state index contributed by atoms with van der Waals surface area (Å²) in [5, 5.41) is 3.75. The zero-order valence-electron chi connectivity index (χ0n) is 10.5. The standard InChI is InChI=1S/C13H25N3/c1-2-15-9-13(10-15)16-7-11-4-3-5-12(8-16)14-6-11/h11-14H,2-10H2,1H3. The van der Waals surface area contributed by atoms with Gasteiger partial charge >= 0.3 is 0 Å². The number of nitrogens with zero attached hydrogens (tertiary/aromatic N) is 2. The molecule has 0 saturated carbocycles. The predicted molar refractivity (Wildman–Crippen MR) is 66.6 cm³/mol. The first-order valence-electron chi connectivity index (χ1n) is 7.05. The number of likely N-dealkylation sites (tertiary alicyclic amines) is 2. The minimum absolute atomic E-state index is 0.781. The highest BCUT2D eigenvalue weighted by atomic mass is 15.3. The monoisotopic (exact) mass is 223 g/mol. The zero-order valence-corrected chi connectivity index (χ0v) is 10.5. The summed E-state index contributed by atoms with van der Waals surface area (Å²) in [4.78, 5) is 5.33. The Kier molecular flexibility index (Phi) is 3.18. The molecule has 3 aliphatic rings. The lowest BCUT2D eigenvalue weighted by atomic mass is 9.97. The molecule has 3 heteroatoms. The summed E-state index contributed by atoms with van der Waals surface area (Å²) in [6.45, 7) is 10.1. The summed E-state index contributed by atoms with van der Waals surface area (Å²) in [6, 6.07) is 1.64. The van der Waals surface area contributed by atoms with Gasteiger partial charge in [-0.25, -0.2) is 0 Å². The fourth-order valence-corrected chi connectivity index (χ4v) is 3.52. The molecule has 0 spiro atoms. The summed E-state index contributed by atoms with van der Waals surface area (Å²) in [5.74, 6) is 0.920. The molecule has 3 saturated heterocycles. The molecule has 0 aromatic rings. The Morgan fingerprint density at radius 2 is 2.00 bits per heavy atom. The van der Waals surface area contributed by atoms with Crippen molar-refractivity contribution in [2.75, 3.05) is 39.3 Å². The van der Waals surface area contributed by atoms with Crippen LogP contribution in [0.1, 0.15) is 26.2 Å². The summed E-state index contributed by atoms with van der Waals surface area (Å²) >= 11 is 0. The van der Waals surface area contributed by atoms with Crippen molar-refractivity contribution < 1.29 is 0 Å². The van der Waals surface area contributed by atoms with Gasteiger partial charge in [-0.3, -0.25) is 4.90 Å². The van der Waals surface area contributed by atoms with E-state index in [2.05, 4.69) is 22.0 Å². The molecule has 1 N–H and O–H groups in total. The molecular formula is C13H25N3. The summed E-state index contributed by atoms with van der Waals surface area (Å²) in [6.07, 6.45) is 4.29. The molecular weight excluding hydrogens is 198 g/mol. The van der Waals surface area contributed by atoms with E-state index >= 15 is 0 Å². The van der Waals surface area contributed by atoms with Crippen LogP contribution in [-0.2, 0) is 0 Å². The van der Waals surface area contributed by atoms with Crippen LogP contribution in [0.3, 0.4) is 0 Å². The summed E-state index contributed by atoms with van der Waals surface area (Å²) in [5.41, 5.74) is 0. The van der Waals surface area contributed by atoms with Crippen molar-refractivity contribution in [3.8, 4) is 0 Å². The van der Waals surface area contributed by atoms with Crippen LogP contribution in [0.2, 0.25) is 0 Å². The van der Waals surface area contributed by atoms with Crippen LogP contribution in [0.4, 0.5) is 0 Å². The topological polar surface area (TPSA) is 18.5 Å². The molecule has 2 unspecified atom stereocenters. The number of hydrogen-bond acceptors (Lipinski definition) is 3. The number of hydrogen-bond donors (Lipinski definition) is 1. The fraction of sp³-hybridized carbons (Fsp3) is 1.00. The Morgan fingerprint density at radius 1 is 1.12 bits per heavy atom. The number of likely N-dealkylation sites (N-methyl/N-ethyl adjacent to an activating group) is 1. The van der Waals surface area contributed by atoms with Crippen LogP contribution in [-0.4, -0.2) is 61.2 Å². The minimum Gasteiger partial charge on any atom is -0.312 e. The maximum atomic E-state index is 3.75. The lowest BCUT2D eigenvalue weighted by Crippen LogP contribution is -2.61. The number of nitrogens with one attached hydrogen (secondary N) is 1. The van der Waals surface area contributed by atoms with Crippen molar-refractivity contribution in [2.24, 2.45) is 5.92 Å². The van der Waals surface area contributed by atoms with Crippen LogP contribution in [0.15, 0.2) is 0 Å². The van der Waals surface area contributed by atoms with E-state index in [0.29, 0.717) is 0 Å². The van der Waals surface area contributed by atoms with Crippen molar-refractivity contribution in [2.45, 2.75) is 38.3 Å². The molecule has 0 amide bonds. The van der Waals surface area contributed by atoms with Crippen molar-refractivity contribution in [3.05, 3.63) is 0 Å². The smallest absolute Gasteiger partial charge is 0.0351 e. The second-order valence-corrected chi connectivity index (χ2v) is 5.86. The molecule has 92 valence electrons. The zero-order chi connectivity index (χ0) is 11.0. The van der Waals surface area contributed by atoms with Crippen LogP contribution in [0.25, 0.3) is 0 Å². The van der Waals surface area contributed by atoms with Crippen molar-refractivity contribution >= 4 is 0 Å². The number of fused-ring (bicyclic) bond motifs is 3. The molecule has 0 aliphatic carbocycles. The lowest BCUT2D eigenvalue weighted by Gasteiger charge is -2.46. The van der Waals surface area contributed by atoms with E-state index in [-0.39, 0.29) is 0 Å². The molecule has 3 heterocycles. The van der Waals surface area contributed by atoms with Crippen LogP contribution in [0.5, 0.6) is 0 Å². The van der Waals surface area contributed by atoms with Crippen LogP contribution in [0, 0.1) is 5.92 Å². The second kappa shape index (κ2) is 4.63. The Morgan fingerprint density at radius 3 is 2.81 bits per heavy atom. The van der Waals surface area contributed by atoms with Gasteiger partial charge in [0.25, 0.3) is 0 Å². The van der Waals surface area contributed by atoms with E-state index in [0.717, 1.165) is 18.0 Å². The number of rotatable bonds is 2. The Labute approximate surface area is 99.2 Å². The molecule has 0 aromatic heterocycles. The fourth-order valence-electron chi connectivity index (χ4n) is 3.52. The summed E-state index contributed by atoms with van der Waals surface area (Å²) in [7, 11) is 0. The Bertz CT molecular complexity index is 223. The third-order valence-corrected chi connectivity index (χ3v) is 4.71. The van der Waals surface area contributed by atoms with Gasteiger partial charge < -0.3 is 10.2 Å². The van der Waals surface area contributed by atoms with E-state index in [4.69, 9.17) is 0 Å². The maximum Gasteiger partial charge on any atom is 0.0351 e. The molecule has 2 atom stereocenters. The SMILES string of the molecule is CCN1CC(N2CC3CCCC(C2)NC3)C1. The van der Waals surface area contributed by atoms with Crippen molar-refractivity contribution in [1.82, 2.24) is 15.1 Å². The lowest BCUT2D eigenvalue weighted by molar-refractivity contribution is 0.0264. The molecule has 0 radical (unpaired) electrons. The Hall–Kier alpha value is -0.120. The molecule has 3 fully saturated rings. The van der Waals surface area contributed by atoms with Crippen molar-refractivity contribution in [1.29, 1.82) is 0 Å². The quantitative estimate of drug-likeness (QED) is 0.746. The van der Waals surface area contributed by atoms with Crippen molar-refractivity contribution in [3.63, 3.8) is 0 Å². The largest absolute Gasteiger partial charge is 0.312 e. The third-order valence-electron chi connectivity index (χ3n) is 4.71. The van der Waals surface area contributed by atoms with Gasteiger partial charge in [0.1, 0.15) is 0 Å². The molecule has 3 nitrogen and oxygen atoms in total. The third kappa shape index (κ3) is 2.13. The first-order valence-corrected chi connectivity index (χ1v) is 7.05. The Balaban J connectivity index is 1.59. The second-order valence-electron chi connectivity index (χ2n) is 5.86. The van der Waals surface area contributed by atoms with Gasteiger partial charge in [0.15, 0.2) is 0 Å². The average molecular weight is 223 g/mol. The van der Waals surface area contributed by atoms with Gasteiger partial charge in [0.2, 0.25) is 0 Å². The molecule has 3 aliphatic heterocycles. The van der Waals surface area contributed by atoms with Gasteiger partial charge in [-0.1, -0.05) is 13.3 Å². The van der Waals surface area contributed by atoms with Gasteiger partial charge in [-0.15, -0.1) is 0 Å². The van der Waals surface area contributed by atoms with Crippen LogP contribution < -0.4 is 5.32 Å². The maximum absolute atomic E-state index is 3.75. The van der Waals surface area contributed by atoms with E-state index in [1.165, 1.54) is 58.5 Å². The highest BCUT2D eigenvalue weighted by Crippen LogP contribution is 2.24. The van der Waals surface area contributed by atoms with E-state index in [1.807, 2.05) is 0 Å². The van der Waals surface area contributed by atoms with E-state index in [9.17, 15) is 0 Å². The van der Waals surface area contributed by atoms with Gasteiger partial charge in [0.05, 0.1) is 0 Å². The predicted octanol–water partition coefficient (Wildman–Crippen LogP) is 0.764. The van der Waals surface area contributed by atoms with E-state index in [1.54, 1.807) is 0 Å². The highest BCUT2D eigenvalue weighted by molar-refractivity contribution is 4.93. The first-order chi connectivity index (χ1) is 7.85. The molecule has 0 aromatic carbocycles. The highest BCUT2D eigenvalue weighted by Gasteiger charge is 2.35. The van der Waals surface area contributed by atoms with E-state index < -0.39 is 0 Å². The van der Waals surface area contributed by atoms with Crippen LogP contribution >= 0.6 is 0 Å². The first kappa shape index (κ1) is 11.0.